The number of hydrogen-bond acceptors (Lipinski definition) is 4. The number of aromatic nitrogens is 2. The molecule has 0 aliphatic heterocycles. The fourth-order valence-corrected chi connectivity index (χ4v) is 3.30. The van der Waals surface area contributed by atoms with Crippen molar-refractivity contribution in [3.8, 4) is 0 Å². The van der Waals surface area contributed by atoms with Gasteiger partial charge in [0.2, 0.25) is 0 Å². The van der Waals surface area contributed by atoms with Crippen molar-refractivity contribution in [2.75, 3.05) is 5.84 Å². The van der Waals surface area contributed by atoms with Gasteiger partial charge in [0.1, 0.15) is 0 Å². The third-order valence-corrected chi connectivity index (χ3v) is 4.99. The van der Waals surface area contributed by atoms with Gasteiger partial charge in [-0.1, -0.05) is 41.6 Å². The molecule has 1 aromatic heterocycles. The monoisotopic (exact) mass is 325 g/mol. The molecule has 0 fully saturated rings. The van der Waals surface area contributed by atoms with Gasteiger partial charge in [0.25, 0.3) is 5.56 Å². The average molecular weight is 325 g/mol. The lowest BCUT2D eigenvalue weighted by molar-refractivity contribution is 0.779. The molecule has 0 bridgehead atoms. The van der Waals surface area contributed by atoms with E-state index in [4.69, 9.17) is 5.84 Å². The molecule has 0 unspecified atom stereocenters. The number of rotatable bonds is 3. The Morgan fingerprint density at radius 3 is 2.61 bits per heavy atom. The van der Waals surface area contributed by atoms with Gasteiger partial charge in [-0.15, -0.1) is 0 Å². The van der Waals surface area contributed by atoms with Gasteiger partial charge in [0.15, 0.2) is 5.16 Å². The number of fused-ring (bicyclic) bond motifs is 1. The molecular weight excluding hydrogens is 306 g/mol. The van der Waals surface area contributed by atoms with Gasteiger partial charge in [-0.2, -0.15) is 0 Å². The standard InChI is InChI=1S/C18H19N3OS/c1-11-4-7-16-15(8-11)17(22)21(19)18(20-16)23-10-14-6-5-12(2)13(3)9-14/h4-9H,10,19H2,1-3H3. The van der Waals surface area contributed by atoms with E-state index in [1.54, 1.807) is 0 Å². The van der Waals surface area contributed by atoms with E-state index < -0.39 is 0 Å². The molecule has 0 aliphatic carbocycles. The van der Waals surface area contributed by atoms with Crippen LogP contribution in [0.15, 0.2) is 46.3 Å². The Hall–Kier alpha value is -2.27. The van der Waals surface area contributed by atoms with Crippen LogP contribution in [0.25, 0.3) is 10.9 Å². The van der Waals surface area contributed by atoms with Gasteiger partial charge in [-0.05, 0) is 49.6 Å². The Morgan fingerprint density at radius 1 is 1.09 bits per heavy atom. The highest BCUT2D eigenvalue weighted by molar-refractivity contribution is 7.98. The molecule has 3 aromatic rings. The molecule has 0 saturated heterocycles. The van der Waals surface area contributed by atoms with Gasteiger partial charge < -0.3 is 5.84 Å². The van der Waals surface area contributed by atoms with Crippen LogP contribution >= 0.6 is 11.8 Å². The van der Waals surface area contributed by atoms with Crippen molar-refractivity contribution in [3.05, 3.63) is 69.0 Å². The summed E-state index contributed by atoms with van der Waals surface area (Å²) in [6.45, 7) is 6.14. The number of hydrogen-bond donors (Lipinski definition) is 1. The van der Waals surface area contributed by atoms with Gasteiger partial charge in [-0.25, -0.2) is 9.66 Å². The lowest BCUT2D eigenvalue weighted by Gasteiger charge is -2.09. The smallest absolute Gasteiger partial charge is 0.280 e. The fourth-order valence-electron chi connectivity index (χ4n) is 2.44. The van der Waals surface area contributed by atoms with Crippen molar-refractivity contribution in [1.82, 2.24) is 9.66 Å². The molecule has 0 aliphatic rings. The molecule has 1 heterocycles. The molecule has 0 saturated carbocycles. The third kappa shape index (κ3) is 3.10. The Kier molecular flexibility index (Phi) is 4.13. The molecule has 3 rings (SSSR count). The van der Waals surface area contributed by atoms with Gasteiger partial charge in [0.05, 0.1) is 10.9 Å². The van der Waals surface area contributed by atoms with Crippen molar-refractivity contribution in [3.63, 3.8) is 0 Å². The number of aryl methyl sites for hydroxylation is 3. The van der Waals surface area contributed by atoms with Gasteiger partial charge in [-0.3, -0.25) is 4.79 Å². The summed E-state index contributed by atoms with van der Waals surface area (Å²) in [5, 5.41) is 1.09. The summed E-state index contributed by atoms with van der Waals surface area (Å²) in [5.41, 5.74) is 5.22. The van der Waals surface area contributed by atoms with Crippen molar-refractivity contribution in [1.29, 1.82) is 0 Å². The zero-order chi connectivity index (χ0) is 16.6. The summed E-state index contributed by atoms with van der Waals surface area (Å²) >= 11 is 1.47. The molecule has 0 atom stereocenters. The maximum absolute atomic E-state index is 12.4. The van der Waals surface area contributed by atoms with Crippen molar-refractivity contribution in [2.45, 2.75) is 31.7 Å². The molecule has 0 amide bonds. The predicted octanol–water partition coefficient (Wildman–Crippen LogP) is 3.33. The average Bonchev–Trinajstić information content (AvgIpc) is 2.53. The van der Waals surface area contributed by atoms with E-state index in [-0.39, 0.29) is 5.56 Å². The SMILES string of the molecule is Cc1ccc2nc(SCc3ccc(C)c(C)c3)n(N)c(=O)c2c1. The Balaban J connectivity index is 1.94. The second-order valence-corrected chi connectivity index (χ2v) is 6.74. The maximum Gasteiger partial charge on any atom is 0.280 e. The number of thioether (sulfide) groups is 1. The maximum atomic E-state index is 12.4. The van der Waals surface area contributed by atoms with E-state index in [1.165, 1.54) is 28.5 Å². The van der Waals surface area contributed by atoms with Crippen LogP contribution in [-0.4, -0.2) is 9.66 Å². The van der Waals surface area contributed by atoms with Crippen molar-refractivity contribution in [2.24, 2.45) is 0 Å². The second-order valence-electron chi connectivity index (χ2n) is 5.80. The minimum atomic E-state index is -0.207. The third-order valence-electron chi connectivity index (χ3n) is 3.96. The second kappa shape index (κ2) is 6.08. The van der Waals surface area contributed by atoms with Crippen LogP contribution in [0.4, 0.5) is 0 Å². The minimum Gasteiger partial charge on any atom is -0.334 e. The van der Waals surface area contributed by atoms with Crippen LogP contribution in [-0.2, 0) is 5.75 Å². The van der Waals surface area contributed by atoms with Crippen molar-refractivity contribution < 1.29 is 0 Å². The lowest BCUT2D eigenvalue weighted by atomic mass is 10.1. The lowest BCUT2D eigenvalue weighted by Crippen LogP contribution is -2.29. The summed E-state index contributed by atoms with van der Waals surface area (Å²) in [5.74, 6) is 6.66. The summed E-state index contributed by atoms with van der Waals surface area (Å²) < 4.78 is 1.15. The first-order valence-corrected chi connectivity index (χ1v) is 8.41. The van der Waals surface area contributed by atoms with E-state index >= 15 is 0 Å². The van der Waals surface area contributed by atoms with Crippen molar-refractivity contribution >= 4 is 22.7 Å². The van der Waals surface area contributed by atoms with E-state index in [2.05, 4.69) is 37.0 Å². The van der Waals surface area contributed by atoms with Crippen LogP contribution in [0, 0.1) is 20.8 Å². The highest BCUT2D eigenvalue weighted by Crippen LogP contribution is 2.22. The Morgan fingerprint density at radius 2 is 1.87 bits per heavy atom. The Labute approximate surface area is 139 Å². The summed E-state index contributed by atoms with van der Waals surface area (Å²) in [7, 11) is 0. The summed E-state index contributed by atoms with van der Waals surface area (Å²) in [6.07, 6.45) is 0. The van der Waals surface area contributed by atoms with Crippen LogP contribution in [0.1, 0.15) is 22.3 Å². The van der Waals surface area contributed by atoms with Crippen LogP contribution in [0.5, 0.6) is 0 Å². The zero-order valence-electron chi connectivity index (χ0n) is 13.5. The largest absolute Gasteiger partial charge is 0.334 e. The number of benzene rings is 2. The number of nitrogens with zero attached hydrogens (tertiary/aromatic N) is 2. The highest BCUT2D eigenvalue weighted by atomic mass is 32.2. The Bertz CT molecular complexity index is 947. The van der Waals surface area contributed by atoms with Crippen LogP contribution < -0.4 is 11.4 Å². The van der Waals surface area contributed by atoms with E-state index in [9.17, 15) is 4.79 Å². The first-order chi connectivity index (χ1) is 11.0. The first-order valence-electron chi connectivity index (χ1n) is 7.43. The normalized spacial score (nSPS) is 11.1. The molecule has 4 nitrogen and oxygen atoms in total. The topological polar surface area (TPSA) is 60.9 Å². The van der Waals surface area contributed by atoms with Crippen LogP contribution in [0.2, 0.25) is 0 Å². The number of nitrogen functional groups attached to an aromatic ring is 1. The zero-order valence-corrected chi connectivity index (χ0v) is 14.3. The van der Waals surface area contributed by atoms with Gasteiger partial charge in [0, 0.05) is 5.75 Å². The summed E-state index contributed by atoms with van der Waals surface area (Å²) in [6, 6.07) is 12.0. The van der Waals surface area contributed by atoms with Crippen LogP contribution in [0.3, 0.4) is 0 Å². The molecule has 0 radical (unpaired) electrons. The van der Waals surface area contributed by atoms with E-state index in [0.29, 0.717) is 16.1 Å². The fraction of sp³-hybridized carbons (Fsp3) is 0.222. The van der Waals surface area contributed by atoms with Gasteiger partial charge >= 0.3 is 0 Å². The predicted molar refractivity (Wildman–Crippen MR) is 96.4 cm³/mol. The van der Waals surface area contributed by atoms with E-state index in [1.807, 2.05) is 25.1 Å². The minimum absolute atomic E-state index is 0.207. The quantitative estimate of drug-likeness (QED) is 0.456. The molecular formula is C18H19N3OS. The molecule has 23 heavy (non-hydrogen) atoms. The number of nitrogens with two attached hydrogens (primary N) is 1. The molecule has 5 heteroatoms. The van der Waals surface area contributed by atoms with E-state index in [0.717, 1.165) is 16.0 Å². The highest BCUT2D eigenvalue weighted by Gasteiger charge is 2.10. The molecule has 0 spiro atoms. The first kappa shape index (κ1) is 15.6. The molecule has 2 aromatic carbocycles. The summed E-state index contributed by atoms with van der Waals surface area (Å²) in [4.78, 5) is 16.9. The molecule has 118 valence electrons. The molecule has 2 N–H and O–H groups in total.